The number of rotatable bonds is 6. The van der Waals surface area contributed by atoms with Crippen LogP contribution < -0.4 is 21.4 Å². The molecule has 0 aliphatic carbocycles. The highest BCUT2D eigenvalue weighted by molar-refractivity contribution is 9.10. The van der Waals surface area contributed by atoms with E-state index in [0.29, 0.717) is 13.0 Å². The first-order valence-corrected chi connectivity index (χ1v) is 8.72. The van der Waals surface area contributed by atoms with Crippen LogP contribution in [0.15, 0.2) is 40.9 Å². The van der Waals surface area contributed by atoms with Gasteiger partial charge in [0.1, 0.15) is 18.1 Å². The molecule has 26 heavy (non-hydrogen) atoms. The van der Waals surface area contributed by atoms with Gasteiger partial charge in [0.05, 0.1) is 5.69 Å². The van der Waals surface area contributed by atoms with Gasteiger partial charge in [-0.15, -0.1) is 0 Å². The van der Waals surface area contributed by atoms with E-state index in [2.05, 4.69) is 15.9 Å². The van der Waals surface area contributed by atoms with Crippen molar-refractivity contribution in [2.75, 3.05) is 19.1 Å². The fraction of sp³-hybridized carbons (Fsp3) is 0.278. The average molecular weight is 425 g/mol. The zero-order chi connectivity index (χ0) is 19.7. The van der Waals surface area contributed by atoms with Gasteiger partial charge in [0, 0.05) is 24.1 Å². The van der Waals surface area contributed by atoms with E-state index in [9.17, 15) is 9.90 Å². The van der Waals surface area contributed by atoms with E-state index in [-0.39, 0.29) is 5.75 Å². The fourth-order valence-electron chi connectivity index (χ4n) is 2.15. The highest BCUT2D eigenvalue weighted by atomic mass is 79.9. The van der Waals surface area contributed by atoms with Crippen LogP contribution in [0, 0.1) is 0 Å². The van der Waals surface area contributed by atoms with E-state index in [4.69, 9.17) is 16.4 Å². The first kappa shape index (κ1) is 21.8. The van der Waals surface area contributed by atoms with Gasteiger partial charge >= 0.3 is 0 Å². The molecule has 0 fully saturated rings. The molecule has 0 heterocycles. The fourth-order valence-corrected chi connectivity index (χ4v) is 2.62. The lowest BCUT2D eigenvalue weighted by atomic mass is 10.1. The Kier molecular flexibility index (Phi) is 8.91. The predicted molar refractivity (Wildman–Crippen MR) is 107 cm³/mol. The zero-order valence-corrected chi connectivity index (χ0v) is 16.7. The number of benzene rings is 2. The Labute approximate surface area is 162 Å². The first-order valence-electron chi connectivity index (χ1n) is 7.93. The highest BCUT2D eigenvalue weighted by Crippen LogP contribution is 2.29. The van der Waals surface area contributed by atoms with Crippen LogP contribution in [0.1, 0.15) is 18.1 Å². The molecule has 1 amide bonds. The number of aryl methyl sites for hydroxylation is 1. The van der Waals surface area contributed by atoms with Crippen molar-refractivity contribution in [2.45, 2.75) is 20.0 Å². The summed E-state index contributed by atoms with van der Waals surface area (Å²) in [5.41, 5.74) is 2.86. The van der Waals surface area contributed by atoms with E-state index in [0.717, 1.165) is 38.5 Å². The number of hydrogen-bond donors (Lipinski definition) is 3. The van der Waals surface area contributed by atoms with Crippen LogP contribution in [0.2, 0.25) is 0 Å². The summed E-state index contributed by atoms with van der Waals surface area (Å²) >= 11 is 3.53. The molecule has 0 aliphatic heterocycles. The number of carbonyl (C=O) groups is 1. The lowest BCUT2D eigenvalue weighted by Crippen LogP contribution is -2.26. The molecule has 0 bridgehead atoms. The molecule has 142 valence electrons. The van der Waals surface area contributed by atoms with Crippen LogP contribution in [0.5, 0.6) is 11.5 Å². The zero-order valence-electron chi connectivity index (χ0n) is 15.1. The maximum atomic E-state index is 9.53. The molecular weight excluding hydrogens is 400 g/mol. The first-order chi connectivity index (χ1) is 12.3. The molecule has 2 aromatic carbocycles. The Morgan fingerprint density at radius 1 is 1.23 bits per heavy atom. The van der Waals surface area contributed by atoms with Crippen LogP contribution >= 0.6 is 15.9 Å². The number of phenolic OH excluding ortho intramolecular Hbond substituents is 1. The normalized spacial score (nSPS) is 9.77. The van der Waals surface area contributed by atoms with E-state index >= 15 is 0 Å². The molecule has 0 atom stereocenters. The van der Waals surface area contributed by atoms with Crippen LogP contribution in [-0.4, -0.2) is 30.6 Å². The van der Waals surface area contributed by atoms with Crippen molar-refractivity contribution < 1.29 is 14.6 Å². The van der Waals surface area contributed by atoms with Crippen LogP contribution in [0.3, 0.4) is 0 Å². The number of aromatic hydroxyl groups is 1. The third-order valence-corrected chi connectivity index (χ3v) is 4.18. The van der Waals surface area contributed by atoms with E-state index in [1.54, 1.807) is 30.3 Å². The smallest absolute Gasteiger partial charge is 0.223 e. The minimum absolute atomic E-state index is 0.252. The summed E-state index contributed by atoms with van der Waals surface area (Å²) in [5, 5.41) is 12.0. The molecule has 5 N–H and O–H groups in total. The van der Waals surface area contributed by atoms with Crippen molar-refractivity contribution in [1.29, 1.82) is 0 Å². The second-order valence-electron chi connectivity index (χ2n) is 5.55. The van der Waals surface area contributed by atoms with Crippen molar-refractivity contribution in [3.8, 4) is 11.5 Å². The molecular formula is C18H25BrN4O3. The van der Waals surface area contributed by atoms with Gasteiger partial charge in [-0.1, -0.05) is 28.9 Å². The van der Waals surface area contributed by atoms with E-state index in [1.807, 2.05) is 25.1 Å². The lowest BCUT2D eigenvalue weighted by molar-refractivity contribution is -0.117. The Bertz CT molecular complexity index is 724. The summed E-state index contributed by atoms with van der Waals surface area (Å²) in [7, 11) is 3.26. The number of nitrogens with two attached hydrogens (primary N) is 2. The van der Waals surface area contributed by atoms with Crippen molar-refractivity contribution in [1.82, 2.24) is 5.01 Å². The van der Waals surface area contributed by atoms with Gasteiger partial charge in [0.25, 0.3) is 0 Å². The molecule has 0 spiro atoms. The number of nitrogens with zero attached hydrogens (tertiary/aromatic N) is 2. The van der Waals surface area contributed by atoms with Gasteiger partial charge < -0.3 is 14.9 Å². The number of ether oxygens (including phenoxy) is 1. The van der Waals surface area contributed by atoms with E-state index < -0.39 is 0 Å². The third-order valence-electron chi connectivity index (χ3n) is 3.44. The van der Waals surface area contributed by atoms with Crippen molar-refractivity contribution in [3.63, 3.8) is 0 Å². The van der Waals surface area contributed by atoms with Crippen LogP contribution in [-0.2, 0) is 17.8 Å². The maximum Gasteiger partial charge on any atom is 0.223 e. The summed E-state index contributed by atoms with van der Waals surface area (Å²) < 4.78 is 6.87. The SMILES string of the molecule is CCc1cc(O)ccc1OCc1c(Br)cccc1N(C)N.CN(N)C=O. The molecule has 0 unspecified atom stereocenters. The number of phenols is 1. The van der Waals surface area contributed by atoms with Gasteiger partial charge in [0.2, 0.25) is 6.41 Å². The topological polar surface area (TPSA) is 105 Å². The largest absolute Gasteiger partial charge is 0.508 e. The quantitative estimate of drug-likeness (QED) is 0.284. The number of carbonyl (C=O) groups excluding carboxylic acids is 1. The molecule has 0 aliphatic rings. The summed E-state index contributed by atoms with van der Waals surface area (Å²) in [4.78, 5) is 9.31. The summed E-state index contributed by atoms with van der Waals surface area (Å²) in [6.07, 6.45) is 1.32. The molecule has 0 saturated carbocycles. The standard InChI is InChI=1S/C16H19BrN2O2.C2H6N2O/c1-3-11-9-12(20)7-8-16(11)21-10-13-14(17)5-4-6-15(13)19(2)18;1-4(3)2-5/h4-9,20H,3,10,18H2,1-2H3;2H,3H2,1H3. The molecule has 8 heteroatoms. The van der Waals surface area contributed by atoms with Gasteiger partial charge in [-0.25, -0.2) is 11.7 Å². The Balaban J connectivity index is 0.000000597. The number of amides is 1. The second kappa shape index (κ2) is 10.6. The average Bonchev–Trinajstić information content (AvgIpc) is 2.61. The molecule has 7 nitrogen and oxygen atoms in total. The predicted octanol–water partition coefficient (Wildman–Crippen LogP) is 2.55. The second-order valence-corrected chi connectivity index (χ2v) is 6.41. The van der Waals surface area contributed by atoms with Gasteiger partial charge in [-0.3, -0.25) is 9.80 Å². The molecule has 2 aromatic rings. The minimum Gasteiger partial charge on any atom is -0.508 e. The molecule has 0 saturated heterocycles. The Morgan fingerprint density at radius 3 is 2.42 bits per heavy atom. The molecule has 0 aromatic heterocycles. The monoisotopic (exact) mass is 424 g/mol. The van der Waals surface area contributed by atoms with E-state index in [1.165, 1.54) is 7.05 Å². The highest BCUT2D eigenvalue weighted by Gasteiger charge is 2.11. The third kappa shape index (κ3) is 6.55. The Hall–Kier alpha value is -2.29. The number of hydrogen-bond acceptors (Lipinski definition) is 6. The molecule has 0 radical (unpaired) electrons. The Morgan fingerprint density at radius 2 is 1.88 bits per heavy atom. The number of halogens is 1. The minimum atomic E-state index is 0.252. The van der Waals surface area contributed by atoms with Crippen LogP contribution in [0.4, 0.5) is 5.69 Å². The number of hydrazine groups is 2. The summed E-state index contributed by atoms with van der Waals surface area (Å²) in [5.74, 6) is 11.6. The van der Waals surface area contributed by atoms with Gasteiger partial charge in [-0.2, -0.15) is 0 Å². The van der Waals surface area contributed by atoms with Crippen molar-refractivity contribution >= 4 is 28.0 Å². The van der Waals surface area contributed by atoms with Crippen molar-refractivity contribution in [2.24, 2.45) is 11.7 Å². The van der Waals surface area contributed by atoms with Crippen LogP contribution in [0.25, 0.3) is 0 Å². The lowest BCUT2D eigenvalue weighted by Gasteiger charge is -2.19. The van der Waals surface area contributed by atoms with Gasteiger partial charge in [-0.05, 0) is 42.3 Å². The molecule has 2 rings (SSSR count). The van der Waals surface area contributed by atoms with Crippen molar-refractivity contribution in [3.05, 3.63) is 52.0 Å². The summed E-state index contributed by atoms with van der Waals surface area (Å²) in [6, 6.07) is 11.0. The van der Waals surface area contributed by atoms with Gasteiger partial charge in [0.15, 0.2) is 0 Å². The summed E-state index contributed by atoms with van der Waals surface area (Å²) in [6.45, 7) is 2.43. The maximum absolute atomic E-state index is 9.53. The number of anilines is 1.